The van der Waals surface area contributed by atoms with Crippen LogP contribution in [0, 0.1) is 5.92 Å². The second kappa shape index (κ2) is 4.01. The van der Waals surface area contributed by atoms with Crippen LogP contribution in [0.3, 0.4) is 0 Å². The van der Waals surface area contributed by atoms with Gasteiger partial charge in [0.25, 0.3) is 11.8 Å². The fourth-order valence-corrected chi connectivity index (χ4v) is 2.92. The summed E-state index contributed by atoms with van der Waals surface area (Å²) in [5.41, 5.74) is -0.657. The number of aliphatic hydroxyl groups is 1. The van der Waals surface area contributed by atoms with E-state index in [1.807, 2.05) is 0 Å². The Labute approximate surface area is 94.9 Å². The molecule has 16 heavy (non-hydrogen) atoms. The van der Waals surface area contributed by atoms with E-state index in [2.05, 4.69) is 6.92 Å². The Balaban J connectivity index is 2.27. The second-order valence-corrected chi connectivity index (χ2v) is 4.93. The van der Waals surface area contributed by atoms with Crippen molar-refractivity contribution in [3.8, 4) is 0 Å². The maximum absolute atomic E-state index is 11.7. The summed E-state index contributed by atoms with van der Waals surface area (Å²) in [6, 6.07) is 0. The summed E-state index contributed by atoms with van der Waals surface area (Å²) < 4.78 is 0. The zero-order valence-electron chi connectivity index (χ0n) is 9.48. The normalized spacial score (nSPS) is 34.9. The quantitative estimate of drug-likeness (QED) is 0.706. The summed E-state index contributed by atoms with van der Waals surface area (Å²) >= 11 is 0. The van der Waals surface area contributed by atoms with Gasteiger partial charge < -0.3 is 5.11 Å². The van der Waals surface area contributed by atoms with Crippen molar-refractivity contribution in [3.05, 3.63) is 12.2 Å². The molecule has 2 aliphatic rings. The molecule has 1 saturated carbocycles. The van der Waals surface area contributed by atoms with Crippen molar-refractivity contribution in [3.63, 3.8) is 0 Å². The molecule has 0 saturated heterocycles. The van der Waals surface area contributed by atoms with Gasteiger partial charge in [-0.15, -0.1) is 0 Å². The van der Waals surface area contributed by atoms with Crippen molar-refractivity contribution in [2.45, 2.75) is 38.1 Å². The van der Waals surface area contributed by atoms with Crippen LogP contribution < -0.4 is 0 Å². The van der Waals surface area contributed by atoms with Crippen molar-refractivity contribution >= 4 is 11.8 Å². The van der Waals surface area contributed by atoms with Gasteiger partial charge in [-0.1, -0.05) is 19.8 Å². The number of amides is 2. The Hall–Kier alpha value is -1.16. The molecule has 1 aliphatic carbocycles. The summed E-state index contributed by atoms with van der Waals surface area (Å²) in [5.74, 6) is -0.122. The van der Waals surface area contributed by atoms with Crippen LogP contribution in [-0.2, 0) is 9.59 Å². The van der Waals surface area contributed by atoms with E-state index in [0.717, 1.165) is 12.8 Å². The molecule has 2 rings (SSSR count). The van der Waals surface area contributed by atoms with Crippen LogP contribution in [0.1, 0.15) is 32.6 Å². The molecule has 1 aliphatic heterocycles. The van der Waals surface area contributed by atoms with Crippen molar-refractivity contribution in [1.29, 1.82) is 0 Å². The molecule has 0 aromatic rings. The Morgan fingerprint density at radius 1 is 1.44 bits per heavy atom. The van der Waals surface area contributed by atoms with Gasteiger partial charge in [-0.25, -0.2) is 0 Å². The lowest BCUT2D eigenvalue weighted by Crippen LogP contribution is -2.56. The third-order valence-electron chi connectivity index (χ3n) is 3.65. The SMILES string of the molecule is CC1CCCC(CO)(N2C(=O)C=CC2=O)C1. The van der Waals surface area contributed by atoms with Gasteiger partial charge >= 0.3 is 0 Å². The smallest absolute Gasteiger partial charge is 0.254 e. The lowest BCUT2D eigenvalue weighted by atomic mass is 9.75. The number of nitrogens with zero attached hydrogens (tertiary/aromatic N) is 1. The van der Waals surface area contributed by atoms with Gasteiger partial charge in [0.05, 0.1) is 12.1 Å². The Morgan fingerprint density at radius 3 is 2.56 bits per heavy atom. The predicted molar refractivity (Wildman–Crippen MR) is 58.4 cm³/mol. The van der Waals surface area contributed by atoms with E-state index in [1.165, 1.54) is 17.1 Å². The van der Waals surface area contributed by atoms with Crippen LogP contribution in [0.5, 0.6) is 0 Å². The number of carbonyl (C=O) groups excluding carboxylic acids is 2. The number of imide groups is 1. The van der Waals surface area contributed by atoms with E-state index in [1.54, 1.807) is 0 Å². The van der Waals surface area contributed by atoms with E-state index < -0.39 is 5.54 Å². The molecule has 1 N–H and O–H groups in total. The molecule has 0 aromatic heterocycles. The highest BCUT2D eigenvalue weighted by Crippen LogP contribution is 2.37. The predicted octanol–water partition coefficient (Wildman–Crippen LogP) is 0.853. The summed E-state index contributed by atoms with van der Waals surface area (Å²) in [4.78, 5) is 24.6. The first-order chi connectivity index (χ1) is 7.59. The van der Waals surface area contributed by atoms with Crippen LogP contribution in [0.25, 0.3) is 0 Å². The average molecular weight is 223 g/mol. The first-order valence-corrected chi connectivity index (χ1v) is 5.76. The molecule has 0 spiro atoms. The van der Waals surface area contributed by atoms with Crippen molar-refractivity contribution in [2.75, 3.05) is 6.61 Å². The number of hydrogen-bond donors (Lipinski definition) is 1. The van der Waals surface area contributed by atoms with E-state index >= 15 is 0 Å². The lowest BCUT2D eigenvalue weighted by Gasteiger charge is -2.44. The minimum absolute atomic E-state index is 0.128. The molecule has 1 heterocycles. The van der Waals surface area contributed by atoms with Gasteiger partial charge in [0.15, 0.2) is 0 Å². The van der Waals surface area contributed by atoms with E-state index in [9.17, 15) is 14.7 Å². The van der Waals surface area contributed by atoms with Crippen molar-refractivity contribution in [1.82, 2.24) is 4.90 Å². The van der Waals surface area contributed by atoms with Gasteiger partial charge in [-0.2, -0.15) is 0 Å². The van der Waals surface area contributed by atoms with E-state index in [4.69, 9.17) is 0 Å². The number of rotatable bonds is 2. The molecule has 2 amide bonds. The first kappa shape index (κ1) is 11.3. The maximum Gasteiger partial charge on any atom is 0.254 e. The van der Waals surface area contributed by atoms with Crippen LogP contribution in [-0.4, -0.2) is 34.0 Å². The molecular weight excluding hydrogens is 206 g/mol. The summed E-state index contributed by atoms with van der Waals surface area (Å²) in [7, 11) is 0. The highest BCUT2D eigenvalue weighted by atomic mass is 16.3. The summed E-state index contributed by atoms with van der Waals surface area (Å²) in [5, 5.41) is 9.58. The average Bonchev–Trinajstić information content (AvgIpc) is 2.59. The fraction of sp³-hybridized carbons (Fsp3) is 0.667. The number of aliphatic hydroxyl groups excluding tert-OH is 1. The standard InChI is InChI=1S/C12H17NO3/c1-9-3-2-6-12(7-9,8-14)13-10(15)4-5-11(13)16/h4-5,9,14H,2-3,6-8H2,1H3. The maximum atomic E-state index is 11.7. The molecule has 0 bridgehead atoms. The molecule has 2 unspecified atom stereocenters. The molecule has 88 valence electrons. The Morgan fingerprint density at radius 2 is 2.06 bits per heavy atom. The molecule has 4 heteroatoms. The Bertz CT molecular complexity index is 332. The van der Waals surface area contributed by atoms with Crippen LogP contribution >= 0.6 is 0 Å². The van der Waals surface area contributed by atoms with Gasteiger partial charge in [0.2, 0.25) is 0 Å². The number of carbonyl (C=O) groups is 2. The van der Waals surface area contributed by atoms with E-state index in [-0.39, 0.29) is 18.4 Å². The zero-order chi connectivity index (χ0) is 11.8. The largest absolute Gasteiger partial charge is 0.394 e. The highest BCUT2D eigenvalue weighted by molar-refractivity contribution is 6.13. The molecule has 2 atom stereocenters. The summed E-state index contributed by atoms with van der Waals surface area (Å²) in [6.45, 7) is 1.97. The zero-order valence-corrected chi connectivity index (χ0v) is 9.48. The molecule has 1 fully saturated rings. The molecular formula is C12H17NO3. The van der Waals surface area contributed by atoms with Crippen LogP contribution in [0.15, 0.2) is 12.2 Å². The van der Waals surface area contributed by atoms with Gasteiger partial charge in [0.1, 0.15) is 0 Å². The van der Waals surface area contributed by atoms with Gasteiger partial charge in [-0.05, 0) is 18.8 Å². The second-order valence-electron chi connectivity index (χ2n) is 4.93. The first-order valence-electron chi connectivity index (χ1n) is 5.76. The third kappa shape index (κ3) is 1.67. The van der Waals surface area contributed by atoms with E-state index in [0.29, 0.717) is 18.8 Å². The van der Waals surface area contributed by atoms with Crippen LogP contribution in [0.4, 0.5) is 0 Å². The molecule has 4 nitrogen and oxygen atoms in total. The number of hydrogen-bond acceptors (Lipinski definition) is 3. The lowest BCUT2D eigenvalue weighted by molar-refractivity contribution is -0.148. The molecule has 0 aromatic carbocycles. The topological polar surface area (TPSA) is 57.6 Å². The van der Waals surface area contributed by atoms with Crippen LogP contribution in [0.2, 0.25) is 0 Å². The Kier molecular flexibility index (Phi) is 2.84. The van der Waals surface area contributed by atoms with Crippen molar-refractivity contribution in [2.24, 2.45) is 5.92 Å². The minimum Gasteiger partial charge on any atom is -0.394 e. The molecule has 0 radical (unpaired) electrons. The summed E-state index contributed by atoms with van der Waals surface area (Å²) in [6.07, 6.45) is 6.07. The monoisotopic (exact) mass is 223 g/mol. The van der Waals surface area contributed by atoms with Gasteiger partial charge in [-0.3, -0.25) is 14.5 Å². The minimum atomic E-state index is -0.657. The van der Waals surface area contributed by atoms with Crippen molar-refractivity contribution < 1.29 is 14.7 Å². The fourth-order valence-electron chi connectivity index (χ4n) is 2.92. The highest BCUT2D eigenvalue weighted by Gasteiger charge is 2.45. The third-order valence-corrected chi connectivity index (χ3v) is 3.65. The van der Waals surface area contributed by atoms with Gasteiger partial charge in [0, 0.05) is 12.2 Å².